The molecule has 0 aliphatic heterocycles. The number of unbranched alkanes of at least 4 members (excludes halogenated alkanes) is 8. The first-order valence-electron chi connectivity index (χ1n) is 10.8. The maximum atomic E-state index is 6.27. The van der Waals surface area contributed by atoms with E-state index < -0.39 is 9.53 Å². The Labute approximate surface area is 159 Å². The molecule has 0 amide bonds. The van der Waals surface area contributed by atoms with Gasteiger partial charge in [0.15, 0.2) is 0 Å². The molecular formula is C21H44O3Si. The second-order valence-corrected chi connectivity index (χ2v) is 8.45. The van der Waals surface area contributed by atoms with Crippen molar-refractivity contribution in [3.05, 3.63) is 12.7 Å². The third-order valence-electron chi connectivity index (χ3n) is 4.37. The summed E-state index contributed by atoms with van der Waals surface area (Å²) in [7, 11) is -2.03. The molecule has 0 aliphatic carbocycles. The van der Waals surface area contributed by atoms with Gasteiger partial charge in [0.25, 0.3) is 0 Å². The van der Waals surface area contributed by atoms with Gasteiger partial charge >= 0.3 is 9.53 Å². The summed E-state index contributed by atoms with van der Waals surface area (Å²) in [6, 6.07) is 0. The summed E-state index contributed by atoms with van der Waals surface area (Å²) in [6.07, 6.45) is 17.6. The molecule has 0 fully saturated rings. The summed E-state index contributed by atoms with van der Waals surface area (Å²) in [6.45, 7) is 12.1. The van der Waals surface area contributed by atoms with Crippen LogP contribution in [0.15, 0.2) is 12.7 Å². The molecule has 0 rings (SSSR count). The summed E-state index contributed by atoms with van der Waals surface area (Å²) < 4.78 is 18.4. The van der Waals surface area contributed by atoms with E-state index in [4.69, 9.17) is 13.3 Å². The molecule has 0 spiro atoms. The van der Waals surface area contributed by atoms with E-state index in [0.29, 0.717) is 0 Å². The monoisotopic (exact) mass is 372 g/mol. The van der Waals surface area contributed by atoms with Crippen molar-refractivity contribution >= 4 is 9.53 Å². The van der Waals surface area contributed by atoms with Crippen molar-refractivity contribution in [1.29, 1.82) is 0 Å². The fraction of sp³-hybridized carbons (Fsp3) is 0.905. The second kappa shape index (κ2) is 20.2. The molecule has 25 heavy (non-hydrogen) atoms. The van der Waals surface area contributed by atoms with E-state index in [1.54, 1.807) is 0 Å². The van der Waals surface area contributed by atoms with Crippen LogP contribution in [0.3, 0.4) is 0 Å². The largest absolute Gasteiger partial charge is 0.484 e. The van der Waals surface area contributed by atoms with Crippen molar-refractivity contribution in [2.24, 2.45) is 0 Å². The topological polar surface area (TPSA) is 27.7 Å². The molecule has 0 aliphatic rings. The highest BCUT2D eigenvalue weighted by molar-refractivity contribution is 6.36. The lowest BCUT2D eigenvalue weighted by Gasteiger charge is -2.23. The van der Waals surface area contributed by atoms with Crippen LogP contribution in [0.2, 0.25) is 0 Å². The molecule has 0 bridgehead atoms. The molecule has 0 heterocycles. The highest BCUT2D eigenvalue weighted by Crippen LogP contribution is 2.14. The van der Waals surface area contributed by atoms with Gasteiger partial charge in [0, 0.05) is 13.2 Å². The Kier molecular flexibility index (Phi) is 20.0. The molecule has 3 nitrogen and oxygen atoms in total. The lowest BCUT2D eigenvalue weighted by Crippen LogP contribution is -2.33. The Morgan fingerprint density at radius 1 is 0.760 bits per heavy atom. The van der Waals surface area contributed by atoms with Gasteiger partial charge in [0.1, 0.15) is 0 Å². The van der Waals surface area contributed by atoms with E-state index in [0.717, 1.165) is 38.9 Å². The van der Waals surface area contributed by atoms with Crippen LogP contribution in [0.5, 0.6) is 0 Å². The number of rotatable bonds is 20. The lowest BCUT2D eigenvalue weighted by atomic mass is 10.1. The van der Waals surface area contributed by atoms with Crippen LogP contribution >= 0.6 is 0 Å². The van der Waals surface area contributed by atoms with Gasteiger partial charge in [-0.15, -0.1) is 6.58 Å². The first-order chi connectivity index (χ1) is 12.3. The molecule has 0 aromatic carbocycles. The number of hydrogen-bond donors (Lipinski definition) is 0. The SMILES string of the molecule is C=CCC(CCCCC)O[SiH](OCCCCCC)OCCCCCC. The van der Waals surface area contributed by atoms with E-state index in [-0.39, 0.29) is 6.10 Å². The first-order valence-corrected chi connectivity index (χ1v) is 12.2. The van der Waals surface area contributed by atoms with Crippen molar-refractivity contribution in [2.75, 3.05) is 13.2 Å². The summed E-state index contributed by atoms with van der Waals surface area (Å²) in [4.78, 5) is 0. The molecule has 150 valence electrons. The third-order valence-corrected chi connectivity index (χ3v) is 5.99. The van der Waals surface area contributed by atoms with Crippen molar-refractivity contribution in [3.8, 4) is 0 Å². The molecular weight excluding hydrogens is 328 g/mol. The van der Waals surface area contributed by atoms with Gasteiger partial charge in [-0.2, -0.15) is 0 Å². The Morgan fingerprint density at radius 3 is 1.76 bits per heavy atom. The molecule has 0 saturated carbocycles. The molecule has 0 aromatic rings. The Balaban J connectivity index is 4.25. The molecule has 0 aromatic heterocycles. The van der Waals surface area contributed by atoms with E-state index in [1.165, 1.54) is 57.8 Å². The Hall–Kier alpha value is -0.163. The van der Waals surface area contributed by atoms with Gasteiger partial charge in [0.05, 0.1) is 6.10 Å². The van der Waals surface area contributed by atoms with E-state index in [2.05, 4.69) is 27.4 Å². The highest BCUT2D eigenvalue weighted by Gasteiger charge is 2.20. The lowest BCUT2D eigenvalue weighted by molar-refractivity contribution is 0.0517. The van der Waals surface area contributed by atoms with Crippen LogP contribution in [0.25, 0.3) is 0 Å². The predicted molar refractivity (Wildman–Crippen MR) is 111 cm³/mol. The fourth-order valence-electron chi connectivity index (χ4n) is 2.75. The zero-order valence-electron chi connectivity index (χ0n) is 17.3. The fourth-order valence-corrected chi connectivity index (χ4v) is 4.28. The average molecular weight is 373 g/mol. The van der Waals surface area contributed by atoms with Crippen molar-refractivity contribution < 1.29 is 13.3 Å². The van der Waals surface area contributed by atoms with Crippen LogP contribution in [-0.4, -0.2) is 28.8 Å². The normalized spacial score (nSPS) is 12.6. The number of hydrogen-bond acceptors (Lipinski definition) is 3. The van der Waals surface area contributed by atoms with Gasteiger partial charge in [-0.05, 0) is 25.7 Å². The maximum absolute atomic E-state index is 6.27. The van der Waals surface area contributed by atoms with E-state index >= 15 is 0 Å². The average Bonchev–Trinajstić information content (AvgIpc) is 2.61. The summed E-state index contributed by atoms with van der Waals surface area (Å²) in [5.41, 5.74) is 0. The molecule has 0 N–H and O–H groups in total. The zero-order chi connectivity index (χ0) is 18.6. The quantitative estimate of drug-likeness (QED) is 0.140. The smallest absolute Gasteiger partial charge is 0.376 e. The van der Waals surface area contributed by atoms with Crippen molar-refractivity contribution in [3.63, 3.8) is 0 Å². The van der Waals surface area contributed by atoms with E-state index in [1.807, 2.05) is 6.08 Å². The molecule has 0 saturated heterocycles. The summed E-state index contributed by atoms with van der Waals surface area (Å²) in [5.74, 6) is 0. The standard InChI is InChI=1S/C21H44O3Si/c1-5-9-12-15-19-22-25(23-20-16-13-10-6-2)24-21(17-8-4)18-14-11-7-3/h8,21,25H,4-7,9-20H2,1-3H3. The van der Waals surface area contributed by atoms with Gasteiger partial charge in [0.2, 0.25) is 0 Å². The van der Waals surface area contributed by atoms with Crippen molar-refractivity contribution in [2.45, 2.75) is 110 Å². The summed E-state index contributed by atoms with van der Waals surface area (Å²) >= 11 is 0. The first kappa shape index (κ1) is 24.8. The zero-order valence-corrected chi connectivity index (χ0v) is 18.4. The highest BCUT2D eigenvalue weighted by atomic mass is 28.3. The van der Waals surface area contributed by atoms with E-state index in [9.17, 15) is 0 Å². The maximum Gasteiger partial charge on any atom is 0.484 e. The van der Waals surface area contributed by atoms with Gasteiger partial charge in [-0.1, -0.05) is 84.6 Å². The third kappa shape index (κ3) is 17.0. The Bertz CT molecular complexity index is 260. The minimum absolute atomic E-state index is 0.215. The Morgan fingerprint density at radius 2 is 1.28 bits per heavy atom. The second-order valence-electron chi connectivity index (χ2n) is 6.93. The molecule has 1 unspecified atom stereocenters. The molecule has 4 heteroatoms. The van der Waals surface area contributed by atoms with Crippen molar-refractivity contribution in [1.82, 2.24) is 0 Å². The van der Waals surface area contributed by atoms with Crippen LogP contribution < -0.4 is 0 Å². The van der Waals surface area contributed by atoms with Crippen LogP contribution in [-0.2, 0) is 13.3 Å². The van der Waals surface area contributed by atoms with Crippen LogP contribution in [0.4, 0.5) is 0 Å². The molecule has 1 atom stereocenters. The van der Waals surface area contributed by atoms with Crippen LogP contribution in [0.1, 0.15) is 104 Å². The van der Waals surface area contributed by atoms with Gasteiger partial charge in [-0.3, -0.25) is 0 Å². The van der Waals surface area contributed by atoms with Crippen LogP contribution in [0, 0.1) is 0 Å². The molecule has 0 radical (unpaired) electrons. The minimum atomic E-state index is -2.03. The van der Waals surface area contributed by atoms with Gasteiger partial charge < -0.3 is 13.3 Å². The minimum Gasteiger partial charge on any atom is -0.376 e. The van der Waals surface area contributed by atoms with Gasteiger partial charge in [-0.25, -0.2) is 0 Å². The summed E-state index contributed by atoms with van der Waals surface area (Å²) in [5, 5.41) is 0. The predicted octanol–water partition coefficient (Wildman–Crippen LogP) is 6.44.